The fourth-order valence-electron chi connectivity index (χ4n) is 3.22. The van der Waals surface area contributed by atoms with E-state index in [1.807, 2.05) is 19.0 Å². The molecule has 4 N–H and O–H groups in total. The molecule has 3 rings (SSSR count). The summed E-state index contributed by atoms with van der Waals surface area (Å²) < 4.78 is 14.5. The van der Waals surface area contributed by atoms with Gasteiger partial charge >= 0.3 is 5.97 Å². The average molecular weight is 373 g/mol. The molecule has 3 aromatic rings. The predicted molar refractivity (Wildman–Crippen MR) is 99.7 cm³/mol. The van der Waals surface area contributed by atoms with Gasteiger partial charge in [-0.3, -0.25) is 4.79 Å². The number of H-pyrrole nitrogens is 2. The minimum atomic E-state index is -1.50. The zero-order valence-electron chi connectivity index (χ0n) is 15.2. The van der Waals surface area contributed by atoms with Gasteiger partial charge in [0.2, 0.25) is 0 Å². The first-order valence-electron chi connectivity index (χ1n) is 8.41. The number of nitrogens with zero attached hydrogens (tertiary/aromatic N) is 1. The van der Waals surface area contributed by atoms with E-state index in [1.165, 1.54) is 0 Å². The summed E-state index contributed by atoms with van der Waals surface area (Å²) >= 11 is 0. The van der Waals surface area contributed by atoms with Crippen molar-refractivity contribution in [1.82, 2.24) is 14.9 Å². The molecule has 0 aliphatic heterocycles. The smallest absolute Gasteiger partial charge is 0.345 e. The van der Waals surface area contributed by atoms with Crippen molar-refractivity contribution in [3.8, 4) is 17.0 Å². The molecule has 0 saturated heterocycles. The van der Waals surface area contributed by atoms with Crippen molar-refractivity contribution >= 4 is 16.9 Å². The third-order valence-electron chi connectivity index (χ3n) is 4.43. The normalized spacial score (nSPS) is 11.4. The molecule has 0 spiro atoms. The summed E-state index contributed by atoms with van der Waals surface area (Å²) in [5.41, 5.74) is 0.588. The number of hydrogen-bond donors (Lipinski definition) is 4. The van der Waals surface area contributed by atoms with Gasteiger partial charge in [0.25, 0.3) is 5.56 Å². The van der Waals surface area contributed by atoms with Crippen LogP contribution in [-0.2, 0) is 13.0 Å². The molecule has 0 atom stereocenters. The highest BCUT2D eigenvalue weighted by Gasteiger charge is 2.22. The molecule has 0 amide bonds. The van der Waals surface area contributed by atoms with Crippen LogP contribution >= 0.6 is 0 Å². The Morgan fingerprint density at radius 2 is 1.96 bits per heavy atom. The molecule has 2 heterocycles. The number of carboxylic acid groups (broad SMARTS) is 1. The van der Waals surface area contributed by atoms with Crippen molar-refractivity contribution in [2.75, 3.05) is 14.1 Å². The maximum atomic E-state index is 14.5. The van der Waals surface area contributed by atoms with E-state index >= 15 is 0 Å². The number of aromatic hydroxyl groups is 1. The first kappa shape index (κ1) is 18.7. The molecule has 0 aliphatic carbocycles. The Balaban J connectivity index is 2.21. The number of aromatic amines is 2. The number of aromatic nitrogens is 2. The molecule has 7 nitrogen and oxygen atoms in total. The van der Waals surface area contributed by atoms with Gasteiger partial charge in [-0.05, 0) is 32.6 Å². The molecule has 1 aromatic carbocycles. The highest BCUT2D eigenvalue weighted by Crippen LogP contribution is 2.32. The second kappa shape index (κ2) is 6.88. The summed E-state index contributed by atoms with van der Waals surface area (Å²) in [5, 5.41) is 19.8. The SMILES string of the molecule is CCc1c(-c2ccc3c(F)c(CN(C)C)[nH]c3c2)[nH]c(=O)c(C(=O)O)c1O. The fourth-order valence-corrected chi connectivity index (χ4v) is 3.22. The lowest BCUT2D eigenvalue weighted by molar-refractivity contribution is 0.0691. The van der Waals surface area contributed by atoms with Crippen LogP contribution in [0.3, 0.4) is 0 Å². The third kappa shape index (κ3) is 3.19. The van der Waals surface area contributed by atoms with Gasteiger partial charge in [-0.1, -0.05) is 13.0 Å². The van der Waals surface area contributed by atoms with Crippen LogP contribution in [0.1, 0.15) is 28.5 Å². The Morgan fingerprint density at radius 1 is 1.26 bits per heavy atom. The summed E-state index contributed by atoms with van der Waals surface area (Å²) in [6.07, 6.45) is 0.307. The van der Waals surface area contributed by atoms with E-state index in [1.54, 1.807) is 25.1 Å². The van der Waals surface area contributed by atoms with Crippen LogP contribution in [0, 0.1) is 5.82 Å². The number of nitrogens with one attached hydrogen (secondary N) is 2. The highest BCUT2D eigenvalue weighted by atomic mass is 19.1. The van der Waals surface area contributed by atoms with Gasteiger partial charge in [0.15, 0.2) is 11.4 Å². The fraction of sp³-hybridized carbons (Fsp3) is 0.263. The van der Waals surface area contributed by atoms with Gasteiger partial charge in [0, 0.05) is 28.6 Å². The van der Waals surface area contributed by atoms with Crippen molar-refractivity contribution in [2.24, 2.45) is 0 Å². The molecule has 27 heavy (non-hydrogen) atoms. The lowest BCUT2D eigenvalue weighted by Crippen LogP contribution is -2.20. The number of carbonyl (C=O) groups is 1. The molecule has 0 radical (unpaired) electrons. The highest BCUT2D eigenvalue weighted by molar-refractivity contribution is 5.92. The molecule has 0 aliphatic rings. The summed E-state index contributed by atoms with van der Waals surface area (Å²) in [7, 11) is 3.67. The number of aromatic carboxylic acids is 1. The maximum absolute atomic E-state index is 14.5. The van der Waals surface area contributed by atoms with E-state index < -0.39 is 22.8 Å². The third-order valence-corrected chi connectivity index (χ3v) is 4.43. The quantitative estimate of drug-likeness (QED) is 0.550. The summed E-state index contributed by atoms with van der Waals surface area (Å²) in [6.45, 7) is 2.14. The van der Waals surface area contributed by atoms with Gasteiger partial charge in [0.1, 0.15) is 5.75 Å². The van der Waals surface area contributed by atoms with Gasteiger partial charge < -0.3 is 25.1 Å². The molecule has 8 heteroatoms. The number of fused-ring (bicyclic) bond motifs is 1. The summed E-state index contributed by atoms with van der Waals surface area (Å²) in [5.74, 6) is -2.38. The molecule has 0 saturated carbocycles. The van der Waals surface area contributed by atoms with E-state index in [2.05, 4.69) is 9.97 Å². The number of benzene rings is 1. The van der Waals surface area contributed by atoms with E-state index in [-0.39, 0.29) is 5.82 Å². The van der Waals surface area contributed by atoms with E-state index in [0.717, 1.165) is 0 Å². The van der Waals surface area contributed by atoms with Crippen LogP contribution in [-0.4, -0.2) is 45.1 Å². The maximum Gasteiger partial charge on any atom is 0.345 e. The van der Waals surface area contributed by atoms with E-state index in [9.17, 15) is 19.1 Å². The van der Waals surface area contributed by atoms with Crippen molar-refractivity contribution in [1.29, 1.82) is 0 Å². The topological polar surface area (TPSA) is 109 Å². The van der Waals surface area contributed by atoms with Crippen molar-refractivity contribution < 1.29 is 19.4 Å². The Kier molecular flexibility index (Phi) is 4.75. The van der Waals surface area contributed by atoms with Crippen molar-refractivity contribution in [2.45, 2.75) is 19.9 Å². The van der Waals surface area contributed by atoms with Crippen LogP contribution in [0.15, 0.2) is 23.0 Å². The molecule has 0 fully saturated rings. The average Bonchev–Trinajstić information content (AvgIpc) is 2.88. The largest absolute Gasteiger partial charge is 0.506 e. The number of pyridine rings is 1. The van der Waals surface area contributed by atoms with Crippen molar-refractivity contribution in [3.05, 3.63) is 51.2 Å². The molecule has 0 bridgehead atoms. The molecule has 0 unspecified atom stereocenters. The minimum absolute atomic E-state index is 0.307. The number of carboxylic acids is 1. The van der Waals surface area contributed by atoms with Crippen molar-refractivity contribution in [3.63, 3.8) is 0 Å². The van der Waals surface area contributed by atoms with Crippen LogP contribution in [0.5, 0.6) is 5.75 Å². The summed E-state index contributed by atoms with van der Waals surface area (Å²) in [6, 6.07) is 4.89. The number of rotatable bonds is 5. The van der Waals surface area contributed by atoms with E-state index in [0.29, 0.717) is 46.4 Å². The number of hydrogen-bond acceptors (Lipinski definition) is 4. The first-order chi connectivity index (χ1) is 12.7. The summed E-state index contributed by atoms with van der Waals surface area (Å²) in [4.78, 5) is 30.8. The molecular weight excluding hydrogens is 353 g/mol. The Hall–Kier alpha value is -3.13. The van der Waals surface area contributed by atoms with Gasteiger partial charge in [-0.2, -0.15) is 0 Å². The monoisotopic (exact) mass is 373 g/mol. The van der Waals surface area contributed by atoms with Crippen LogP contribution in [0.2, 0.25) is 0 Å². The Labute approximate surface area is 154 Å². The Bertz CT molecular complexity index is 1100. The van der Waals surface area contributed by atoms with Gasteiger partial charge in [-0.15, -0.1) is 0 Å². The minimum Gasteiger partial charge on any atom is -0.506 e. The van der Waals surface area contributed by atoms with Crippen LogP contribution in [0.4, 0.5) is 4.39 Å². The zero-order valence-corrected chi connectivity index (χ0v) is 15.2. The van der Waals surface area contributed by atoms with Gasteiger partial charge in [0.05, 0.1) is 11.4 Å². The molecular formula is C19H20FN3O4. The van der Waals surface area contributed by atoms with Gasteiger partial charge in [-0.25, -0.2) is 9.18 Å². The lowest BCUT2D eigenvalue weighted by Gasteiger charge is -2.12. The Morgan fingerprint density at radius 3 is 2.56 bits per heavy atom. The second-order valence-electron chi connectivity index (χ2n) is 6.61. The second-order valence-corrected chi connectivity index (χ2v) is 6.61. The van der Waals surface area contributed by atoms with Crippen LogP contribution in [0.25, 0.3) is 22.2 Å². The zero-order chi connectivity index (χ0) is 19.9. The molecule has 2 aromatic heterocycles. The predicted octanol–water partition coefficient (Wildman–Crippen LogP) is 2.69. The number of halogens is 1. The van der Waals surface area contributed by atoms with E-state index in [4.69, 9.17) is 5.11 Å². The first-order valence-corrected chi connectivity index (χ1v) is 8.41. The lowest BCUT2D eigenvalue weighted by atomic mass is 10.00. The molecule has 142 valence electrons. The standard InChI is InChI=1S/C19H20FN3O4/c1-4-10-16(22-18(25)14(17(10)24)19(26)27)9-5-6-11-12(7-9)21-13(15(11)20)8-23(2)3/h5-7,21H,4,8H2,1-3H3,(H,26,27)(H2,22,24,25). The van der Waals surface area contributed by atoms with Crippen LogP contribution < -0.4 is 5.56 Å².